The maximum Gasteiger partial charge on any atom is 0.294 e. The van der Waals surface area contributed by atoms with Crippen LogP contribution in [0.4, 0.5) is 5.69 Å². The Kier molecular flexibility index (Phi) is 2.61. The van der Waals surface area contributed by atoms with Crippen LogP contribution in [0.5, 0.6) is 0 Å². The van der Waals surface area contributed by atoms with Gasteiger partial charge in [-0.15, -0.1) is 0 Å². The van der Waals surface area contributed by atoms with E-state index in [-0.39, 0.29) is 5.78 Å². The third-order valence-corrected chi connectivity index (χ3v) is 3.54. The number of carbonyl (C=O) groups is 2. The summed E-state index contributed by atoms with van der Waals surface area (Å²) in [6, 6.07) is 5.68. The lowest BCUT2D eigenvalue weighted by Gasteiger charge is -2.17. The van der Waals surface area contributed by atoms with E-state index in [0.29, 0.717) is 13.0 Å². The molecule has 1 amide bonds. The molecule has 0 radical (unpaired) electrons. The van der Waals surface area contributed by atoms with Crippen molar-refractivity contribution in [2.75, 3.05) is 11.4 Å². The molecule has 4 heteroatoms. The predicted octanol–water partition coefficient (Wildman–Crippen LogP) is 2.06. The maximum atomic E-state index is 11.5. The van der Waals surface area contributed by atoms with E-state index >= 15 is 0 Å². The number of aryl methyl sites for hydroxylation is 1. The molecule has 3 nitrogen and oxygen atoms in total. The number of hydrogen-bond donors (Lipinski definition) is 0. The number of rotatable bonds is 1. The summed E-state index contributed by atoms with van der Waals surface area (Å²) in [7, 11) is 0. The molecule has 1 aliphatic rings. The summed E-state index contributed by atoms with van der Waals surface area (Å²) in [6.45, 7) is 2.44. The topological polar surface area (TPSA) is 37.4 Å². The number of hydrogen-bond acceptors (Lipinski definition) is 2. The number of carbonyl (C=O) groups excluding carboxylic acids is 2. The summed E-state index contributed by atoms with van der Waals surface area (Å²) in [5, 5.41) is 0. The average Bonchev–Trinajstić information content (AvgIpc) is 2.53. The van der Waals surface area contributed by atoms with E-state index in [1.54, 1.807) is 0 Å². The van der Waals surface area contributed by atoms with Gasteiger partial charge >= 0.3 is 0 Å². The summed E-state index contributed by atoms with van der Waals surface area (Å²) < 4.78 is 0.882. The zero-order chi connectivity index (χ0) is 11.0. The predicted molar refractivity (Wildman–Crippen MR) is 60.9 cm³/mol. The lowest BCUT2D eigenvalue weighted by molar-refractivity contribution is -0.133. The van der Waals surface area contributed by atoms with Crippen molar-refractivity contribution in [3.63, 3.8) is 0 Å². The summed E-state index contributed by atoms with van der Waals surface area (Å²) in [5.41, 5.74) is 1.84. The van der Waals surface area contributed by atoms with Crippen molar-refractivity contribution in [1.82, 2.24) is 0 Å². The fourth-order valence-electron chi connectivity index (χ4n) is 1.64. The summed E-state index contributed by atoms with van der Waals surface area (Å²) >= 11 is 3.43. The van der Waals surface area contributed by atoms with Crippen molar-refractivity contribution in [3.8, 4) is 0 Å². The number of anilines is 1. The van der Waals surface area contributed by atoms with Crippen LogP contribution in [0, 0.1) is 6.92 Å². The molecular formula is C11H10BrNO2. The van der Waals surface area contributed by atoms with Crippen LogP contribution in [0.1, 0.15) is 12.0 Å². The molecule has 1 aromatic rings. The second kappa shape index (κ2) is 3.77. The largest absolute Gasteiger partial charge is 0.304 e. The Morgan fingerprint density at radius 1 is 1.33 bits per heavy atom. The number of halogens is 1. The summed E-state index contributed by atoms with van der Waals surface area (Å²) in [6.07, 6.45) is 0.319. The van der Waals surface area contributed by atoms with Crippen LogP contribution in [0.3, 0.4) is 0 Å². The molecule has 1 fully saturated rings. The average molecular weight is 268 g/mol. The fraction of sp³-hybridized carbons (Fsp3) is 0.273. The smallest absolute Gasteiger partial charge is 0.294 e. The van der Waals surface area contributed by atoms with Gasteiger partial charge in [0.25, 0.3) is 5.91 Å². The number of Topliss-reactive ketones (excluding diaryl/α,β-unsaturated/α-hetero) is 1. The minimum atomic E-state index is -0.402. The van der Waals surface area contributed by atoms with Crippen molar-refractivity contribution in [1.29, 1.82) is 0 Å². The second-order valence-electron chi connectivity index (χ2n) is 3.54. The molecule has 0 spiro atoms. The van der Waals surface area contributed by atoms with Gasteiger partial charge in [-0.2, -0.15) is 0 Å². The van der Waals surface area contributed by atoms with Crippen molar-refractivity contribution in [2.24, 2.45) is 0 Å². The van der Waals surface area contributed by atoms with Crippen LogP contribution in [0.25, 0.3) is 0 Å². The van der Waals surface area contributed by atoms with Gasteiger partial charge in [0.2, 0.25) is 5.78 Å². The van der Waals surface area contributed by atoms with Crippen LogP contribution in [-0.2, 0) is 9.59 Å². The molecule has 15 heavy (non-hydrogen) atoms. The monoisotopic (exact) mass is 267 g/mol. The maximum absolute atomic E-state index is 11.5. The number of nitrogens with zero attached hydrogens (tertiary/aromatic N) is 1. The van der Waals surface area contributed by atoms with Crippen molar-refractivity contribution in [3.05, 3.63) is 28.2 Å². The SMILES string of the molecule is Cc1cccc(N2CCC(=O)C2=O)c1Br. The zero-order valence-electron chi connectivity index (χ0n) is 8.29. The Hall–Kier alpha value is -1.16. The number of ketones is 1. The fourth-order valence-corrected chi connectivity index (χ4v) is 2.12. The highest BCUT2D eigenvalue weighted by Gasteiger charge is 2.31. The Labute approximate surface area is 96.2 Å². The van der Waals surface area contributed by atoms with E-state index in [2.05, 4.69) is 15.9 Å². The van der Waals surface area contributed by atoms with Crippen molar-refractivity contribution >= 4 is 33.3 Å². The molecule has 0 unspecified atom stereocenters. The van der Waals surface area contributed by atoms with Crippen LogP contribution in [-0.4, -0.2) is 18.2 Å². The van der Waals surface area contributed by atoms with Gasteiger partial charge < -0.3 is 4.90 Å². The molecular weight excluding hydrogens is 258 g/mol. The molecule has 2 rings (SSSR count). The van der Waals surface area contributed by atoms with E-state index in [4.69, 9.17) is 0 Å². The zero-order valence-corrected chi connectivity index (χ0v) is 9.87. The van der Waals surface area contributed by atoms with E-state index in [1.807, 2.05) is 25.1 Å². The Morgan fingerprint density at radius 2 is 2.07 bits per heavy atom. The quantitative estimate of drug-likeness (QED) is 0.731. The molecule has 1 aromatic carbocycles. The lowest BCUT2D eigenvalue weighted by atomic mass is 10.2. The highest BCUT2D eigenvalue weighted by molar-refractivity contribution is 9.10. The van der Waals surface area contributed by atoms with Gasteiger partial charge in [0.05, 0.1) is 5.69 Å². The van der Waals surface area contributed by atoms with Crippen LogP contribution >= 0.6 is 15.9 Å². The lowest BCUT2D eigenvalue weighted by Crippen LogP contribution is -2.27. The highest BCUT2D eigenvalue weighted by atomic mass is 79.9. The molecule has 0 aromatic heterocycles. The van der Waals surface area contributed by atoms with Gasteiger partial charge in [0, 0.05) is 17.4 Å². The van der Waals surface area contributed by atoms with Gasteiger partial charge in [-0.05, 0) is 34.5 Å². The number of benzene rings is 1. The third kappa shape index (κ3) is 1.69. The van der Waals surface area contributed by atoms with Gasteiger partial charge in [0.1, 0.15) is 0 Å². The number of amides is 1. The first-order chi connectivity index (χ1) is 7.11. The standard InChI is InChI=1S/C11H10BrNO2/c1-7-3-2-4-8(10(7)12)13-6-5-9(14)11(13)15/h2-4H,5-6H2,1H3. The van der Waals surface area contributed by atoms with E-state index in [9.17, 15) is 9.59 Å². The van der Waals surface area contributed by atoms with Gasteiger partial charge in [-0.3, -0.25) is 9.59 Å². The molecule has 0 saturated carbocycles. The molecule has 1 saturated heterocycles. The minimum absolute atomic E-state index is 0.302. The van der Waals surface area contributed by atoms with Gasteiger partial charge in [-0.1, -0.05) is 12.1 Å². The second-order valence-corrected chi connectivity index (χ2v) is 4.33. The van der Waals surface area contributed by atoms with Crippen molar-refractivity contribution < 1.29 is 9.59 Å². The molecule has 0 atom stereocenters. The minimum Gasteiger partial charge on any atom is -0.304 e. The molecule has 0 N–H and O–H groups in total. The first-order valence-electron chi connectivity index (χ1n) is 4.71. The molecule has 0 aliphatic carbocycles. The van der Waals surface area contributed by atoms with E-state index < -0.39 is 5.91 Å². The molecule has 1 heterocycles. The van der Waals surface area contributed by atoms with E-state index in [1.165, 1.54) is 4.90 Å². The molecule has 78 valence electrons. The summed E-state index contributed by atoms with van der Waals surface area (Å²) in [5.74, 6) is -0.704. The third-order valence-electron chi connectivity index (χ3n) is 2.51. The van der Waals surface area contributed by atoms with Gasteiger partial charge in [-0.25, -0.2) is 0 Å². The Morgan fingerprint density at radius 3 is 2.67 bits per heavy atom. The molecule has 1 aliphatic heterocycles. The first-order valence-corrected chi connectivity index (χ1v) is 5.50. The molecule has 0 bridgehead atoms. The first kappa shape index (κ1) is 10.4. The van der Waals surface area contributed by atoms with E-state index in [0.717, 1.165) is 15.7 Å². The Balaban J connectivity index is 2.43. The summed E-state index contributed by atoms with van der Waals surface area (Å²) in [4.78, 5) is 24.2. The van der Waals surface area contributed by atoms with Crippen molar-refractivity contribution in [2.45, 2.75) is 13.3 Å². The highest BCUT2D eigenvalue weighted by Crippen LogP contribution is 2.31. The van der Waals surface area contributed by atoms with Crippen LogP contribution in [0.2, 0.25) is 0 Å². The van der Waals surface area contributed by atoms with Gasteiger partial charge in [0.15, 0.2) is 0 Å². The normalized spacial score (nSPS) is 16.3. The van der Waals surface area contributed by atoms with Crippen LogP contribution < -0.4 is 4.90 Å². The Bertz CT molecular complexity index is 442. The van der Waals surface area contributed by atoms with Crippen LogP contribution in [0.15, 0.2) is 22.7 Å².